The smallest absolute Gasteiger partial charge is 0.00415 e. The largest absolute Gasteiger partial charge is 0.328 e. The molecule has 1 nitrogen and oxygen atoms in total. The van der Waals surface area contributed by atoms with E-state index in [2.05, 4.69) is 41.5 Å². The third-order valence-electron chi connectivity index (χ3n) is 3.49. The van der Waals surface area contributed by atoms with Crippen LogP contribution in [0.2, 0.25) is 0 Å². The van der Waals surface area contributed by atoms with E-state index in [1.54, 1.807) is 0 Å². The first-order valence-corrected chi connectivity index (χ1v) is 6.49. The van der Waals surface area contributed by atoms with Gasteiger partial charge in [-0.15, -0.1) is 0 Å². The van der Waals surface area contributed by atoms with Crippen LogP contribution in [0, 0.1) is 17.3 Å². The maximum Gasteiger partial charge on any atom is 0.00415 e. The second-order valence-electron chi connectivity index (χ2n) is 6.59. The lowest BCUT2D eigenvalue weighted by Crippen LogP contribution is -2.28. The topological polar surface area (TPSA) is 26.0 Å². The number of hydrogen-bond acceptors (Lipinski definition) is 1. The summed E-state index contributed by atoms with van der Waals surface area (Å²) >= 11 is 0. The van der Waals surface area contributed by atoms with Crippen molar-refractivity contribution in [3.63, 3.8) is 0 Å². The van der Waals surface area contributed by atoms with E-state index < -0.39 is 0 Å². The van der Waals surface area contributed by atoms with Gasteiger partial charge in [0.2, 0.25) is 0 Å². The SMILES string of the molecule is CC(C)CCCC(N)CC(C)C(C)(C)C. The highest BCUT2D eigenvalue weighted by Gasteiger charge is 2.21. The first kappa shape index (κ1) is 15.0. The Morgan fingerprint density at radius 1 is 1.00 bits per heavy atom. The molecule has 0 aliphatic carbocycles. The van der Waals surface area contributed by atoms with E-state index in [9.17, 15) is 0 Å². The van der Waals surface area contributed by atoms with E-state index in [1.165, 1.54) is 25.7 Å². The second kappa shape index (κ2) is 6.52. The van der Waals surface area contributed by atoms with E-state index in [0.717, 1.165) is 5.92 Å². The summed E-state index contributed by atoms with van der Waals surface area (Å²) in [5, 5.41) is 0. The minimum atomic E-state index is 0.398. The maximum absolute atomic E-state index is 6.16. The summed E-state index contributed by atoms with van der Waals surface area (Å²) in [6.45, 7) is 13.8. The van der Waals surface area contributed by atoms with Gasteiger partial charge in [0.1, 0.15) is 0 Å². The van der Waals surface area contributed by atoms with Gasteiger partial charge in [-0.2, -0.15) is 0 Å². The quantitative estimate of drug-likeness (QED) is 0.702. The molecule has 0 radical (unpaired) electrons. The first-order valence-electron chi connectivity index (χ1n) is 6.49. The molecule has 0 aromatic rings. The molecule has 0 heterocycles. The summed E-state index contributed by atoms with van der Waals surface area (Å²) in [5.41, 5.74) is 6.56. The molecule has 0 saturated carbocycles. The molecule has 0 amide bonds. The van der Waals surface area contributed by atoms with Gasteiger partial charge in [0, 0.05) is 6.04 Å². The van der Waals surface area contributed by atoms with Crippen molar-refractivity contribution in [3.8, 4) is 0 Å². The van der Waals surface area contributed by atoms with Crippen molar-refractivity contribution in [3.05, 3.63) is 0 Å². The summed E-state index contributed by atoms with van der Waals surface area (Å²) in [5.74, 6) is 1.53. The van der Waals surface area contributed by atoms with Gasteiger partial charge < -0.3 is 5.73 Å². The van der Waals surface area contributed by atoms with Crippen LogP contribution in [-0.2, 0) is 0 Å². The zero-order chi connectivity index (χ0) is 12.1. The molecule has 92 valence electrons. The van der Waals surface area contributed by atoms with Gasteiger partial charge in [0.25, 0.3) is 0 Å². The molecular weight excluding hydrogens is 182 g/mol. The third kappa shape index (κ3) is 7.84. The Balaban J connectivity index is 3.69. The molecule has 0 aliphatic heterocycles. The standard InChI is InChI=1S/C14H31N/c1-11(2)8-7-9-13(15)10-12(3)14(4,5)6/h11-13H,7-10,15H2,1-6H3. The normalized spacial score (nSPS) is 16.8. The van der Waals surface area contributed by atoms with E-state index in [-0.39, 0.29) is 0 Å². The van der Waals surface area contributed by atoms with Gasteiger partial charge >= 0.3 is 0 Å². The molecule has 15 heavy (non-hydrogen) atoms. The summed E-state index contributed by atoms with van der Waals surface area (Å²) < 4.78 is 0. The van der Waals surface area contributed by atoms with Crippen molar-refractivity contribution in [1.29, 1.82) is 0 Å². The predicted molar refractivity (Wildman–Crippen MR) is 69.9 cm³/mol. The lowest BCUT2D eigenvalue weighted by Gasteiger charge is -2.29. The van der Waals surface area contributed by atoms with Crippen LogP contribution in [0.15, 0.2) is 0 Å². The van der Waals surface area contributed by atoms with Crippen LogP contribution in [0.25, 0.3) is 0 Å². The van der Waals surface area contributed by atoms with Crippen LogP contribution in [0.1, 0.15) is 67.2 Å². The molecule has 0 fully saturated rings. The van der Waals surface area contributed by atoms with Crippen LogP contribution in [0.5, 0.6) is 0 Å². The highest BCUT2D eigenvalue weighted by atomic mass is 14.6. The van der Waals surface area contributed by atoms with Crippen molar-refractivity contribution in [2.24, 2.45) is 23.0 Å². The summed E-state index contributed by atoms with van der Waals surface area (Å²) in [6.07, 6.45) is 4.97. The van der Waals surface area contributed by atoms with E-state index >= 15 is 0 Å². The zero-order valence-corrected chi connectivity index (χ0v) is 11.6. The molecule has 0 spiro atoms. The average Bonchev–Trinajstić information content (AvgIpc) is 2.01. The molecule has 2 unspecified atom stereocenters. The maximum atomic E-state index is 6.16. The van der Waals surface area contributed by atoms with Gasteiger partial charge in [-0.05, 0) is 30.1 Å². The Morgan fingerprint density at radius 3 is 1.93 bits per heavy atom. The van der Waals surface area contributed by atoms with Crippen LogP contribution >= 0.6 is 0 Å². The monoisotopic (exact) mass is 213 g/mol. The summed E-state index contributed by atoms with van der Waals surface area (Å²) in [4.78, 5) is 0. The third-order valence-corrected chi connectivity index (χ3v) is 3.49. The fraction of sp³-hybridized carbons (Fsp3) is 1.00. The minimum Gasteiger partial charge on any atom is -0.328 e. The van der Waals surface area contributed by atoms with Crippen molar-refractivity contribution < 1.29 is 0 Å². The van der Waals surface area contributed by atoms with Crippen molar-refractivity contribution >= 4 is 0 Å². The molecule has 2 N–H and O–H groups in total. The number of hydrogen-bond donors (Lipinski definition) is 1. The Kier molecular flexibility index (Phi) is 6.51. The molecule has 0 aromatic heterocycles. The van der Waals surface area contributed by atoms with Gasteiger partial charge in [-0.1, -0.05) is 54.4 Å². The molecule has 0 aromatic carbocycles. The molecule has 0 rings (SSSR count). The van der Waals surface area contributed by atoms with Crippen LogP contribution in [0.4, 0.5) is 0 Å². The molecule has 0 aliphatic rings. The summed E-state index contributed by atoms with van der Waals surface area (Å²) in [7, 11) is 0. The fourth-order valence-corrected chi connectivity index (χ4v) is 1.71. The number of nitrogens with two attached hydrogens (primary N) is 1. The molecule has 0 saturated heterocycles. The number of rotatable bonds is 6. The van der Waals surface area contributed by atoms with Crippen molar-refractivity contribution in [2.75, 3.05) is 0 Å². The molecule has 2 atom stereocenters. The Hall–Kier alpha value is -0.0400. The van der Waals surface area contributed by atoms with Gasteiger partial charge in [-0.25, -0.2) is 0 Å². The Morgan fingerprint density at radius 2 is 1.53 bits per heavy atom. The van der Waals surface area contributed by atoms with Crippen LogP contribution < -0.4 is 5.73 Å². The van der Waals surface area contributed by atoms with Crippen molar-refractivity contribution in [1.82, 2.24) is 0 Å². The van der Waals surface area contributed by atoms with Gasteiger partial charge in [-0.3, -0.25) is 0 Å². The Bertz CT molecular complexity index is 155. The van der Waals surface area contributed by atoms with Crippen LogP contribution in [-0.4, -0.2) is 6.04 Å². The summed E-state index contributed by atoms with van der Waals surface area (Å²) in [6, 6.07) is 0.401. The van der Waals surface area contributed by atoms with Gasteiger partial charge in [0.05, 0.1) is 0 Å². The van der Waals surface area contributed by atoms with E-state index in [0.29, 0.717) is 17.4 Å². The highest BCUT2D eigenvalue weighted by Crippen LogP contribution is 2.29. The molecule has 0 bridgehead atoms. The Labute approximate surface area is 96.8 Å². The second-order valence-corrected chi connectivity index (χ2v) is 6.59. The van der Waals surface area contributed by atoms with Crippen LogP contribution in [0.3, 0.4) is 0 Å². The zero-order valence-electron chi connectivity index (χ0n) is 11.6. The lowest BCUT2D eigenvalue weighted by atomic mass is 9.78. The highest BCUT2D eigenvalue weighted by molar-refractivity contribution is 4.75. The van der Waals surface area contributed by atoms with E-state index in [4.69, 9.17) is 5.73 Å². The average molecular weight is 213 g/mol. The molecular formula is C14H31N. The fourth-order valence-electron chi connectivity index (χ4n) is 1.71. The first-order chi connectivity index (χ1) is 6.73. The molecule has 1 heteroatoms. The predicted octanol–water partition coefficient (Wildman–Crippen LogP) is 4.21. The lowest BCUT2D eigenvalue weighted by molar-refractivity contribution is 0.229. The van der Waals surface area contributed by atoms with Crippen molar-refractivity contribution in [2.45, 2.75) is 73.3 Å². The van der Waals surface area contributed by atoms with Gasteiger partial charge in [0.15, 0.2) is 0 Å². The van der Waals surface area contributed by atoms with E-state index in [1.807, 2.05) is 0 Å². The minimum absolute atomic E-state index is 0.398.